The van der Waals surface area contributed by atoms with Gasteiger partial charge in [-0.15, -0.1) is 0 Å². The number of nitrogens with zero attached hydrogens (tertiary/aromatic N) is 2. The smallest absolute Gasteiger partial charge is 0.0541 e. The van der Waals surface area contributed by atoms with Crippen molar-refractivity contribution in [3.8, 4) is 0 Å². The van der Waals surface area contributed by atoms with Crippen molar-refractivity contribution in [3.05, 3.63) is 178 Å². The van der Waals surface area contributed by atoms with Crippen LogP contribution >= 0.6 is 0 Å². The molecule has 2 atom stereocenters. The SMILES string of the molecule is Cc1ccc(N(C2=C3C(=C(N(c4ccc(C)cc4)c4ccc(C)cc4)C4CC=CC=C24)C=CCC3C)c2ccc(C)cc2)cc1. The van der Waals surface area contributed by atoms with Gasteiger partial charge in [0.05, 0.1) is 5.70 Å². The average Bonchev–Trinajstić information content (AvgIpc) is 3.05. The van der Waals surface area contributed by atoms with Gasteiger partial charge in [-0.3, -0.25) is 0 Å². The van der Waals surface area contributed by atoms with Crippen LogP contribution < -0.4 is 9.80 Å². The van der Waals surface area contributed by atoms with E-state index in [1.54, 1.807) is 0 Å². The minimum atomic E-state index is 0.194. The number of fused-ring (bicyclic) bond motifs is 2. The van der Waals surface area contributed by atoms with Crippen LogP contribution in [0.2, 0.25) is 0 Å². The van der Waals surface area contributed by atoms with Crippen molar-refractivity contribution in [2.24, 2.45) is 11.8 Å². The third kappa shape index (κ3) is 5.40. The van der Waals surface area contributed by atoms with Gasteiger partial charge in [-0.25, -0.2) is 0 Å². The van der Waals surface area contributed by atoms with Crippen molar-refractivity contribution >= 4 is 22.7 Å². The molecule has 0 saturated heterocycles. The van der Waals surface area contributed by atoms with E-state index < -0.39 is 0 Å². The number of aryl methyl sites for hydroxylation is 4. The zero-order chi connectivity index (χ0) is 31.1. The second-order valence-electron chi connectivity index (χ2n) is 13.0. The average molecular weight is 587 g/mol. The summed E-state index contributed by atoms with van der Waals surface area (Å²) in [6.45, 7) is 11.1. The Labute approximate surface area is 269 Å². The first-order valence-corrected chi connectivity index (χ1v) is 16.3. The van der Waals surface area contributed by atoms with Crippen molar-refractivity contribution in [1.29, 1.82) is 0 Å². The second-order valence-corrected chi connectivity index (χ2v) is 13.0. The van der Waals surface area contributed by atoms with E-state index in [1.165, 1.54) is 73.1 Å². The van der Waals surface area contributed by atoms with Gasteiger partial charge in [0.15, 0.2) is 0 Å². The summed E-state index contributed by atoms with van der Waals surface area (Å²) in [6, 6.07) is 36.1. The van der Waals surface area contributed by atoms with Crippen molar-refractivity contribution in [3.63, 3.8) is 0 Å². The molecule has 224 valence electrons. The lowest BCUT2D eigenvalue weighted by atomic mass is 9.71. The van der Waals surface area contributed by atoms with Gasteiger partial charge in [-0.05, 0) is 106 Å². The molecule has 0 N–H and O–H groups in total. The molecular formula is C43H42N2. The molecule has 7 rings (SSSR count). The molecule has 0 aliphatic heterocycles. The molecule has 45 heavy (non-hydrogen) atoms. The van der Waals surface area contributed by atoms with Crippen LogP contribution in [-0.4, -0.2) is 0 Å². The van der Waals surface area contributed by atoms with Gasteiger partial charge in [0.1, 0.15) is 0 Å². The maximum Gasteiger partial charge on any atom is 0.0541 e. The monoisotopic (exact) mass is 586 g/mol. The molecule has 4 aromatic carbocycles. The highest BCUT2D eigenvalue weighted by atomic mass is 15.2. The zero-order valence-corrected chi connectivity index (χ0v) is 27.1. The number of hydrogen-bond donors (Lipinski definition) is 0. The molecule has 3 aliphatic carbocycles. The normalized spacial score (nSPS) is 18.8. The Bertz CT molecular complexity index is 1770. The van der Waals surface area contributed by atoms with Crippen molar-refractivity contribution in [1.82, 2.24) is 0 Å². The van der Waals surface area contributed by atoms with Gasteiger partial charge in [0, 0.05) is 39.9 Å². The molecule has 0 bridgehead atoms. The lowest BCUT2D eigenvalue weighted by Crippen LogP contribution is -2.36. The van der Waals surface area contributed by atoms with E-state index in [0.29, 0.717) is 5.92 Å². The molecule has 0 aromatic heterocycles. The Kier molecular flexibility index (Phi) is 7.67. The summed E-state index contributed by atoms with van der Waals surface area (Å²) in [4.78, 5) is 5.06. The van der Waals surface area contributed by atoms with Crippen molar-refractivity contribution in [2.75, 3.05) is 9.80 Å². The van der Waals surface area contributed by atoms with E-state index in [2.05, 4.69) is 172 Å². The van der Waals surface area contributed by atoms with Crippen LogP contribution in [0.4, 0.5) is 22.7 Å². The fourth-order valence-electron chi connectivity index (χ4n) is 7.06. The van der Waals surface area contributed by atoms with E-state index in [-0.39, 0.29) is 5.92 Å². The highest BCUT2D eigenvalue weighted by molar-refractivity contribution is 5.81. The molecule has 0 amide bonds. The van der Waals surface area contributed by atoms with Gasteiger partial charge in [0.2, 0.25) is 0 Å². The topological polar surface area (TPSA) is 6.48 Å². The van der Waals surface area contributed by atoms with Crippen molar-refractivity contribution < 1.29 is 0 Å². The van der Waals surface area contributed by atoms with Crippen LogP contribution in [0.5, 0.6) is 0 Å². The third-order valence-electron chi connectivity index (χ3n) is 9.48. The van der Waals surface area contributed by atoms with Crippen LogP contribution in [0.3, 0.4) is 0 Å². The summed E-state index contributed by atoms with van der Waals surface area (Å²) in [5, 5.41) is 0. The van der Waals surface area contributed by atoms with E-state index >= 15 is 0 Å². The molecule has 0 radical (unpaired) electrons. The van der Waals surface area contributed by atoms with Gasteiger partial charge in [-0.2, -0.15) is 0 Å². The molecular weight excluding hydrogens is 544 g/mol. The predicted octanol–water partition coefficient (Wildman–Crippen LogP) is 11.5. The molecule has 0 fully saturated rings. The fourth-order valence-corrected chi connectivity index (χ4v) is 7.06. The van der Waals surface area contributed by atoms with Gasteiger partial charge in [0.25, 0.3) is 0 Å². The molecule has 2 unspecified atom stereocenters. The number of hydrogen-bond acceptors (Lipinski definition) is 2. The van der Waals surface area contributed by atoms with Gasteiger partial charge in [-0.1, -0.05) is 108 Å². The lowest BCUT2D eigenvalue weighted by Gasteiger charge is -2.45. The summed E-state index contributed by atoms with van der Waals surface area (Å²) in [6.07, 6.45) is 13.8. The third-order valence-corrected chi connectivity index (χ3v) is 9.48. The first-order valence-electron chi connectivity index (χ1n) is 16.3. The van der Waals surface area contributed by atoms with E-state index in [9.17, 15) is 0 Å². The maximum absolute atomic E-state index is 2.53. The predicted molar refractivity (Wildman–Crippen MR) is 191 cm³/mol. The maximum atomic E-state index is 2.53. The molecule has 2 heteroatoms. The number of anilines is 4. The standard InChI is InChI=1S/C43H42N2/c1-29-13-21-34(22-14-29)44(35-23-15-30(2)16-24-35)42-38-10-6-7-11-39(38)43(41-33(5)9-8-12-40(41)42)45(36-25-17-31(3)18-26-36)37-27-19-32(4)20-28-37/h6-8,11-28,33,38H,9-10H2,1-5H3. The minimum Gasteiger partial charge on any atom is -0.313 e. The summed E-state index contributed by atoms with van der Waals surface area (Å²) in [5.74, 6) is 0.554. The van der Waals surface area contributed by atoms with Crippen LogP contribution in [0.15, 0.2) is 156 Å². The molecule has 3 aliphatic rings. The minimum absolute atomic E-state index is 0.194. The Morgan fingerprint density at radius 1 is 0.533 bits per heavy atom. The molecule has 0 saturated carbocycles. The molecule has 2 nitrogen and oxygen atoms in total. The van der Waals surface area contributed by atoms with Crippen molar-refractivity contribution in [2.45, 2.75) is 47.5 Å². The van der Waals surface area contributed by atoms with E-state index in [0.717, 1.165) is 12.8 Å². The molecule has 0 heterocycles. The van der Waals surface area contributed by atoms with Crippen LogP contribution in [-0.2, 0) is 0 Å². The largest absolute Gasteiger partial charge is 0.313 e. The Balaban J connectivity index is 1.55. The lowest BCUT2D eigenvalue weighted by molar-refractivity contribution is 0.625. The van der Waals surface area contributed by atoms with Crippen LogP contribution in [0, 0.1) is 39.5 Å². The molecule has 4 aromatic rings. The number of benzene rings is 4. The Morgan fingerprint density at radius 3 is 1.44 bits per heavy atom. The van der Waals surface area contributed by atoms with Crippen LogP contribution in [0.25, 0.3) is 0 Å². The second kappa shape index (κ2) is 11.9. The Morgan fingerprint density at radius 2 is 0.978 bits per heavy atom. The Hall–Kier alpha value is -4.82. The van der Waals surface area contributed by atoms with Crippen LogP contribution in [0.1, 0.15) is 42.0 Å². The zero-order valence-electron chi connectivity index (χ0n) is 27.1. The summed E-state index contributed by atoms with van der Waals surface area (Å²) < 4.78 is 0. The highest BCUT2D eigenvalue weighted by Gasteiger charge is 2.41. The quantitative estimate of drug-likeness (QED) is 0.222. The van der Waals surface area contributed by atoms with E-state index in [1.807, 2.05) is 0 Å². The number of rotatable bonds is 6. The number of allylic oxidation sites excluding steroid dienone is 9. The van der Waals surface area contributed by atoms with Gasteiger partial charge >= 0.3 is 0 Å². The molecule has 0 spiro atoms. The first-order chi connectivity index (χ1) is 21.9. The van der Waals surface area contributed by atoms with Gasteiger partial charge < -0.3 is 9.80 Å². The first kappa shape index (κ1) is 28.9. The van der Waals surface area contributed by atoms with E-state index in [4.69, 9.17) is 0 Å². The summed E-state index contributed by atoms with van der Waals surface area (Å²) >= 11 is 0. The highest BCUT2D eigenvalue weighted by Crippen LogP contribution is 2.53. The summed E-state index contributed by atoms with van der Waals surface area (Å²) in [7, 11) is 0. The summed E-state index contributed by atoms with van der Waals surface area (Å²) in [5.41, 5.74) is 16.7. The fraction of sp³-hybridized carbons (Fsp3) is 0.209.